The molecule has 2 aromatic carbocycles. The SMILES string of the molecule is O=C(c1ccc(-c2ccc(O)c(CO)c2)cc1)N1C[C@H]2C[C@H](O)[C@H](O)C[C@H]2C1. The summed E-state index contributed by atoms with van der Waals surface area (Å²) in [5.74, 6) is 0.515. The van der Waals surface area contributed by atoms with Gasteiger partial charge in [-0.2, -0.15) is 0 Å². The molecule has 1 aliphatic heterocycles. The van der Waals surface area contributed by atoms with Gasteiger partial charge in [0.1, 0.15) is 5.75 Å². The second-order valence-corrected chi connectivity index (χ2v) is 7.92. The Morgan fingerprint density at radius 1 is 0.929 bits per heavy atom. The maximum atomic E-state index is 12.9. The molecule has 28 heavy (non-hydrogen) atoms. The lowest BCUT2D eigenvalue weighted by molar-refractivity contribution is -0.0372. The van der Waals surface area contributed by atoms with Gasteiger partial charge in [0.05, 0.1) is 18.8 Å². The fraction of sp³-hybridized carbons (Fsp3) is 0.409. The molecule has 1 aliphatic carbocycles. The van der Waals surface area contributed by atoms with Crippen LogP contribution in [0.2, 0.25) is 0 Å². The standard InChI is InChI=1S/C22H25NO5/c24-12-18-7-15(5-6-19(18)25)13-1-3-14(4-2-13)22(28)23-10-16-8-20(26)21(27)9-17(16)11-23/h1-7,16-17,20-21,24-27H,8-12H2/t16-,17+,20+,21-. The number of aromatic hydroxyl groups is 1. The average Bonchev–Trinajstić information content (AvgIpc) is 3.11. The van der Waals surface area contributed by atoms with Crippen LogP contribution in [-0.4, -0.2) is 56.5 Å². The summed E-state index contributed by atoms with van der Waals surface area (Å²) in [5, 5.41) is 38.8. The minimum atomic E-state index is -0.690. The molecule has 1 saturated heterocycles. The summed E-state index contributed by atoms with van der Waals surface area (Å²) in [4.78, 5) is 14.7. The van der Waals surface area contributed by atoms with E-state index < -0.39 is 12.2 Å². The quantitative estimate of drug-likeness (QED) is 0.647. The number of likely N-dealkylation sites (tertiary alicyclic amines) is 1. The molecule has 4 rings (SSSR count). The third-order valence-electron chi connectivity index (χ3n) is 6.11. The van der Waals surface area contributed by atoms with Gasteiger partial charge < -0.3 is 25.3 Å². The molecule has 4 atom stereocenters. The molecule has 1 heterocycles. The van der Waals surface area contributed by atoms with Crippen molar-refractivity contribution in [2.24, 2.45) is 11.8 Å². The Labute approximate surface area is 163 Å². The van der Waals surface area contributed by atoms with E-state index in [4.69, 9.17) is 0 Å². The van der Waals surface area contributed by atoms with E-state index >= 15 is 0 Å². The molecule has 4 N–H and O–H groups in total. The Hall–Kier alpha value is -2.41. The molecular formula is C22H25NO5. The fourth-order valence-electron chi connectivity index (χ4n) is 4.45. The third kappa shape index (κ3) is 3.51. The van der Waals surface area contributed by atoms with Crippen molar-refractivity contribution >= 4 is 5.91 Å². The largest absolute Gasteiger partial charge is 0.508 e. The van der Waals surface area contributed by atoms with Crippen molar-refractivity contribution < 1.29 is 25.2 Å². The van der Waals surface area contributed by atoms with Crippen molar-refractivity contribution in [1.82, 2.24) is 4.90 Å². The average molecular weight is 383 g/mol. The van der Waals surface area contributed by atoms with E-state index in [0.29, 0.717) is 37.1 Å². The highest BCUT2D eigenvalue weighted by Crippen LogP contribution is 2.37. The predicted molar refractivity (Wildman–Crippen MR) is 104 cm³/mol. The molecule has 6 heteroatoms. The number of rotatable bonds is 3. The van der Waals surface area contributed by atoms with Crippen LogP contribution < -0.4 is 0 Å². The lowest BCUT2D eigenvalue weighted by atomic mass is 9.79. The highest BCUT2D eigenvalue weighted by molar-refractivity contribution is 5.95. The van der Waals surface area contributed by atoms with Gasteiger partial charge in [-0.25, -0.2) is 0 Å². The van der Waals surface area contributed by atoms with Gasteiger partial charge in [0.2, 0.25) is 0 Å². The topological polar surface area (TPSA) is 101 Å². The molecule has 1 amide bonds. The number of amides is 1. The number of benzene rings is 2. The number of hydrogen-bond donors (Lipinski definition) is 4. The smallest absolute Gasteiger partial charge is 0.253 e. The van der Waals surface area contributed by atoms with Crippen LogP contribution in [0.4, 0.5) is 0 Å². The van der Waals surface area contributed by atoms with Crippen LogP contribution in [0.5, 0.6) is 5.75 Å². The van der Waals surface area contributed by atoms with Gasteiger partial charge >= 0.3 is 0 Å². The van der Waals surface area contributed by atoms with Crippen LogP contribution in [0.25, 0.3) is 11.1 Å². The first-order valence-corrected chi connectivity index (χ1v) is 9.65. The van der Waals surface area contributed by atoms with E-state index in [9.17, 15) is 25.2 Å². The van der Waals surface area contributed by atoms with Gasteiger partial charge in [0.15, 0.2) is 0 Å². The minimum absolute atomic E-state index is 0.0355. The van der Waals surface area contributed by atoms with E-state index in [2.05, 4.69) is 0 Å². The second-order valence-electron chi connectivity index (χ2n) is 7.92. The summed E-state index contributed by atoms with van der Waals surface area (Å²) >= 11 is 0. The highest BCUT2D eigenvalue weighted by atomic mass is 16.3. The van der Waals surface area contributed by atoms with Crippen LogP contribution in [0.15, 0.2) is 42.5 Å². The zero-order valence-electron chi connectivity index (χ0n) is 15.5. The molecular weight excluding hydrogens is 358 g/mol. The third-order valence-corrected chi connectivity index (χ3v) is 6.11. The first-order valence-electron chi connectivity index (χ1n) is 9.65. The van der Waals surface area contributed by atoms with Crippen molar-refractivity contribution in [2.75, 3.05) is 13.1 Å². The second kappa shape index (κ2) is 7.54. The minimum Gasteiger partial charge on any atom is -0.508 e. The highest BCUT2D eigenvalue weighted by Gasteiger charge is 2.42. The van der Waals surface area contributed by atoms with Crippen molar-refractivity contribution in [1.29, 1.82) is 0 Å². The molecule has 2 aliphatic rings. The first-order chi connectivity index (χ1) is 13.5. The zero-order chi connectivity index (χ0) is 19.8. The van der Waals surface area contributed by atoms with Gasteiger partial charge in [-0.15, -0.1) is 0 Å². The summed E-state index contributed by atoms with van der Waals surface area (Å²) in [6.07, 6.45) is -0.292. The molecule has 1 saturated carbocycles. The van der Waals surface area contributed by atoms with Gasteiger partial charge in [-0.1, -0.05) is 18.2 Å². The monoisotopic (exact) mass is 383 g/mol. The molecule has 2 aromatic rings. The number of nitrogens with zero attached hydrogens (tertiary/aromatic N) is 1. The Morgan fingerprint density at radius 3 is 2.07 bits per heavy atom. The maximum absolute atomic E-state index is 12.9. The summed E-state index contributed by atoms with van der Waals surface area (Å²) in [6, 6.07) is 12.3. The predicted octanol–water partition coefficient (Wildman–Crippen LogP) is 1.76. The number of carbonyl (C=O) groups is 1. The number of aliphatic hydroxyl groups is 3. The van der Waals surface area contributed by atoms with Gasteiger partial charge in [-0.05, 0) is 60.1 Å². The van der Waals surface area contributed by atoms with Crippen molar-refractivity contribution in [3.63, 3.8) is 0 Å². The Balaban J connectivity index is 1.48. The Kier molecular flexibility index (Phi) is 5.10. The van der Waals surface area contributed by atoms with E-state index in [1.54, 1.807) is 30.3 Å². The van der Waals surface area contributed by atoms with E-state index in [1.165, 1.54) is 0 Å². The Morgan fingerprint density at radius 2 is 1.50 bits per heavy atom. The van der Waals surface area contributed by atoms with Crippen molar-refractivity contribution in [3.05, 3.63) is 53.6 Å². The normalized spacial score (nSPS) is 26.9. The molecule has 0 aromatic heterocycles. The zero-order valence-corrected chi connectivity index (χ0v) is 15.5. The van der Waals surface area contributed by atoms with E-state index in [0.717, 1.165) is 11.1 Å². The van der Waals surface area contributed by atoms with E-state index in [-0.39, 0.29) is 30.1 Å². The Bertz CT molecular complexity index is 848. The van der Waals surface area contributed by atoms with Crippen LogP contribution in [0.3, 0.4) is 0 Å². The van der Waals surface area contributed by atoms with Crippen LogP contribution >= 0.6 is 0 Å². The van der Waals surface area contributed by atoms with E-state index in [1.807, 2.05) is 17.0 Å². The van der Waals surface area contributed by atoms with Crippen molar-refractivity contribution in [3.8, 4) is 16.9 Å². The van der Waals surface area contributed by atoms with Gasteiger partial charge in [0, 0.05) is 24.2 Å². The van der Waals surface area contributed by atoms with Crippen LogP contribution in [0, 0.1) is 11.8 Å². The summed E-state index contributed by atoms with van der Waals surface area (Å²) < 4.78 is 0. The lowest BCUT2D eigenvalue weighted by Gasteiger charge is -2.31. The lowest BCUT2D eigenvalue weighted by Crippen LogP contribution is -2.38. The maximum Gasteiger partial charge on any atom is 0.253 e. The number of aliphatic hydroxyl groups excluding tert-OH is 3. The fourth-order valence-corrected chi connectivity index (χ4v) is 4.45. The summed E-state index contributed by atoms with van der Waals surface area (Å²) in [6.45, 7) is 0.997. The van der Waals surface area contributed by atoms with Gasteiger partial charge in [-0.3, -0.25) is 4.79 Å². The number of phenols is 1. The first kappa shape index (κ1) is 18.9. The molecule has 0 bridgehead atoms. The van der Waals surface area contributed by atoms with Gasteiger partial charge in [0.25, 0.3) is 5.91 Å². The number of fused-ring (bicyclic) bond motifs is 1. The van der Waals surface area contributed by atoms with Crippen LogP contribution in [-0.2, 0) is 6.61 Å². The molecule has 0 unspecified atom stereocenters. The molecule has 148 valence electrons. The molecule has 0 radical (unpaired) electrons. The van der Waals surface area contributed by atoms with Crippen molar-refractivity contribution in [2.45, 2.75) is 31.7 Å². The summed E-state index contributed by atoms with van der Waals surface area (Å²) in [7, 11) is 0. The molecule has 0 spiro atoms. The molecule has 6 nitrogen and oxygen atoms in total. The molecule has 2 fully saturated rings. The number of hydrogen-bond acceptors (Lipinski definition) is 5. The van der Waals surface area contributed by atoms with Crippen LogP contribution in [0.1, 0.15) is 28.8 Å². The number of carbonyl (C=O) groups excluding carboxylic acids is 1. The summed E-state index contributed by atoms with van der Waals surface area (Å²) in [5.41, 5.74) is 2.81.